The van der Waals surface area contributed by atoms with Gasteiger partial charge < -0.3 is 14.6 Å². The number of hydrogen-bond donors (Lipinski definition) is 1. The van der Waals surface area contributed by atoms with Crippen molar-refractivity contribution in [2.45, 2.75) is 32.8 Å². The first-order valence-corrected chi connectivity index (χ1v) is 9.20. The van der Waals surface area contributed by atoms with Crippen LogP contribution in [0.2, 0.25) is 0 Å². The van der Waals surface area contributed by atoms with Gasteiger partial charge in [-0.2, -0.15) is 0 Å². The molecule has 7 heteroatoms. The van der Waals surface area contributed by atoms with E-state index in [0.29, 0.717) is 30.1 Å². The summed E-state index contributed by atoms with van der Waals surface area (Å²) in [7, 11) is 0. The number of ether oxygens (including phenoxy) is 2. The minimum Gasteiger partial charge on any atom is -0.494 e. The van der Waals surface area contributed by atoms with Crippen molar-refractivity contribution in [3.8, 4) is 11.5 Å². The summed E-state index contributed by atoms with van der Waals surface area (Å²) in [6.45, 7) is 4.84. The van der Waals surface area contributed by atoms with Gasteiger partial charge in [0.15, 0.2) is 0 Å². The molecule has 0 saturated heterocycles. The molecule has 0 heterocycles. The van der Waals surface area contributed by atoms with Gasteiger partial charge in [-0.15, -0.1) is 0 Å². The molecule has 1 atom stereocenters. The van der Waals surface area contributed by atoms with Gasteiger partial charge in [-0.05, 0) is 42.7 Å². The highest BCUT2D eigenvalue weighted by molar-refractivity contribution is 5.75. The topological polar surface area (TPSA) is 98.9 Å². The molecule has 2 aromatic rings. The lowest BCUT2D eigenvalue weighted by Crippen LogP contribution is -2.11. The monoisotopic (exact) mass is 389 g/mol. The normalized spacial score (nSPS) is 11.0. The van der Waals surface area contributed by atoms with Crippen molar-refractivity contribution < 1.29 is 24.3 Å². The summed E-state index contributed by atoms with van der Waals surface area (Å²) in [4.78, 5) is 20.1. The quantitative estimate of drug-likeness (QED) is 0.373. The predicted molar refractivity (Wildman–Crippen MR) is 107 cm³/mol. The Hall–Kier alpha value is -2.93. The third kappa shape index (κ3) is 9.14. The van der Waals surface area contributed by atoms with E-state index in [9.17, 15) is 20.0 Å². The average molecular weight is 389 g/mol. The molecular formula is C21H27NO6. The van der Waals surface area contributed by atoms with Gasteiger partial charge in [0.2, 0.25) is 6.54 Å². The molecule has 2 rings (SSSR count). The van der Waals surface area contributed by atoms with Crippen molar-refractivity contribution in [2.24, 2.45) is 0 Å². The van der Waals surface area contributed by atoms with Crippen LogP contribution in [0.5, 0.6) is 11.5 Å². The molecule has 0 unspecified atom stereocenters. The van der Waals surface area contributed by atoms with Gasteiger partial charge >= 0.3 is 0 Å². The third-order valence-electron chi connectivity index (χ3n) is 3.50. The zero-order chi connectivity index (χ0) is 20.8. The molecule has 0 aromatic heterocycles. The molecule has 0 aliphatic rings. The van der Waals surface area contributed by atoms with Crippen LogP contribution in [0.3, 0.4) is 0 Å². The minimum absolute atomic E-state index is 0.489. The van der Waals surface area contributed by atoms with Crippen LogP contribution in [-0.4, -0.2) is 36.1 Å². The molecule has 0 spiro atoms. The molecular weight excluding hydrogens is 362 g/mol. The standard InChI is InChI=1S/C11H15NO4.C10H12O2/c1-2-6-16-10-5-3-4-9(7-10)11(13)8-12(14)15;1-2-6-12-10-5-3-4-9(7-10)8-11/h3-5,7,11,13H,2,6,8H2,1H3;3-5,7-8H,2,6H2,1H3/t11-;/m1./s1. The van der Waals surface area contributed by atoms with Crippen molar-refractivity contribution >= 4 is 6.29 Å². The van der Waals surface area contributed by atoms with Gasteiger partial charge in [0.25, 0.3) is 0 Å². The molecule has 0 aliphatic carbocycles. The van der Waals surface area contributed by atoms with Crippen LogP contribution < -0.4 is 9.47 Å². The fourth-order valence-corrected chi connectivity index (χ4v) is 2.18. The second-order valence-electron chi connectivity index (χ2n) is 5.99. The van der Waals surface area contributed by atoms with Crippen LogP contribution in [-0.2, 0) is 0 Å². The Morgan fingerprint density at radius 3 is 2.14 bits per heavy atom. The van der Waals surface area contributed by atoms with E-state index in [1.54, 1.807) is 36.4 Å². The van der Waals surface area contributed by atoms with Crippen molar-refractivity contribution in [3.63, 3.8) is 0 Å². The number of aldehydes is 1. The van der Waals surface area contributed by atoms with Crippen LogP contribution in [0.4, 0.5) is 0 Å². The largest absolute Gasteiger partial charge is 0.494 e. The van der Waals surface area contributed by atoms with E-state index in [4.69, 9.17) is 9.47 Å². The highest BCUT2D eigenvalue weighted by Crippen LogP contribution is 2.19. The maximum atomic E-state index is 10.4. The van der Waals surface area contributed by atoms with Gasteiger partial charge in [0, 0.05) is 10.5 Å². The Balaban J connectivity index is 0.000000292. The highest BCUT2D eigenvalue weighted by atomic mass is 16.6. The summed E-state index contributed by atoms with van der Waals surface area (Å²) >= 11 is 0. The van der Waals surface area contributed by atoms with Gasteiger partial charge in [-0.25, -0.2) is 0 Å². The molecule has 0 aliphatic heterocycles. The van der Waals surface area contributed by atoms with E-state index < -0.39 is 17.6 Å². The zero-order valence-electron chi connectivity index (χ0n) is 16.2. The summed E-state index contributed by atoms with van der Waals surface area (Å²) in [5.74, 6) is 1.39. The number of carbonyl (C=O) groups excluding carboxylic acids is 1. The summed E-state index contributed by atoms with van der Waals surface area (Å²) in [5.41, 5.74) is 1.16. The lowest BCUT2D eigenvalue weighted by atomic mass is 10.1. The van der Waals surface area contributed by atoms with E-state index in [-0.39, 0.29) is 0 Å². The SMILES string of the molecule is CCCOc1cccc(C=O)c1.CCCOc1cccc([C@H](O)C[N+](=O)[O-])c1. The van der Waals surface area contributed by atoms with Crippen LogP contribution in [0.15, 0.2) is 48.5 Å². The Morgan fingerprint density at radius 1 is 1.04 bits per heavy atom. The smallest absolute Gasteiger partial charge is 0.233 e. The second kappa shape index (κ2) is 13.3. The van der Waals surface area contributed by atoms with E-state index >= 15 is 0 Å². The molecule has 0 bridgehead atoms. The van der Waals surface area contributed by atoms with Crippen LogP contribution >= 0.6 is 0 Å². The third-order valence-corrected chi connectivity index (χ3v) is 3.50. The fourth-order valence-electron chi connectivity index (χ4n) is 2.18. The predicted octanol–water partition coefficient (Wildman–Crippen LogP) is 4.07. The van der Waals surface area contributed by atoms with Crippen molar-refractivity contribution in [1.29, 1.82) is 0 Å². The Kier molecular flexibility index (Phi) is 11.0. The van der Waals surface area contributed by atoms with E-state index in [0.717, 1.165) is 24.9 Å². The van der Waals surface area contributed by atoms with E-state index in [1.807, 2.05) is 26.0 Å². The molecule has 0 fully saturated rings. The van der Waals surface area contributed by atoms with Crippen LogP contribution in [0.25, 0.3) is 0 Å². The summed E-state index contributed by atoms with van der Waals surface area (Å²) < 4.78 is 10.7. The second-order valence-corrected chi connectivity index (χ2v) is 5.99. The number of aliphatic hydroxyl groups excluding tert-OH is 1. The lowest BCUT2D eigenvalue weighted by Gasteiger charge is -2.09. The first-order valence-electron chi connectivity index (χ1n) is 9.20. The number of carbonyl (C=O) groups is 1. The molecule has 2 aromatic carbocycles. The van der Waals surface area contributed by atoms with Gasteiger partial charge in [0.1, 0.15) is 23.9 Å². The van der Waals surface area contributed by atoms with Crippen LogP contribution in [0.1, 0.15) is 48.7 Å². The first-order chi connectivity index (χ1) is 13.5. The Morgan fingerprint density at radius 2 is 1.61 bits per heavy atom. The molecule has 152 valence electrons. The number of rotatable bonds is 10. The zero-order valence-corrected chi connectivity index (χ0v) is 16.2. The van der Waals surface area contributed by atoms with Gasteiger partial charge in [0.05, 0.1) is 13.2 Å². The molecule has 0 amide bonds. The Bertz CT molecular complexity index is 734. The van der Waals surface area contributed by atoms with Gasteiger partial charge in [-0.1, -0.05) is 38.1 Å². The molecule has 1 N–H and O–H groups in total. The molecule has 0 saturated carbocycles. The van der Waals surface area contributed by atoms with Crippen molar-refractivity contribution in [1.82, 2.24) is 0 Å². The maximum absolute atomic E-state index is 10.4. The maximum Gasteiger partial charge on any atom is 0.233 e. The van der Waals surface area contributed by atoms with E-state index in [2.05, 4.69) is 0 Å². The molecule has 0 radical (unpaired) electrons. The minimum atomic E-state index is -1.08. The van der Waals surface area contributed by atoms with E-state index in [1.165, 1.54) is 0 Å². The lowest BCUT2D eigenvalue weighted by molar-refractivity contribution is -0.491. The summed E-state index contributed by atoms with van der Waals surface area (Å²) in [6, 6.07) is 13.9. The Labute approximate surface area is 165 Å². The number of hydrogen-bond acceptors (Lipinski definition) is 6. The number of nitrogens with zero attached hydrogens (tertiary/aromatic N) is 1. The molecule has 7 nitrogen and oxygen atoms in total. The van der Waals surface area contributed by atoms with Crippen molar-refractivity contribution in [3.05, 3.63) is 69.8 Å². The number of nitro groups is 1. The first kappa shape index (κ1) is 23.1. The fraction of sp³-hybridized carbons (Fsp3) is 0.381. The molecule has 28 heavy (non-hydrogen) atoms. The summed E-state index contributed by atoms with van der Waals surface area (Å²) in [5, 5.41) is 19.8. The average Bonchev–Trinajstić information content (AvgIpc) is 2.71. The van der Waals surface area contributed by atoms with Gasteiger partial charge in [-0.3, -0.25) is 14.9 Å². The van der Waals surface area contributed by atoms with Crippen molar-refractivity contribution in [2.75, 3.05) is 19.8 Å². The number of aliphatic hydroxyl groups is 1. The summed E-state index contributed by atoms with van der Waals surface area (Å²) in [6.07, 6.45) is 1.60. The highest BCUT2D eigenvalue weighted by Gasteiger charge is 2.14. The van der Waals surface area contributed by atoms with Crippen LogP contribution in [0, 0.1) is 10.1 Å². The number of benzene rings is 2.